The summed E-state index contributed by atoms with van der Waals surface area (Å²) in [4.78, 5) is 27.6. The maximum atomic E-state index is 13.4. The molecule has 26 heavy (non-hydrogen) atoms. The predicted octanol–water partition coefficient (Wildman–Crippen LogP) is 3.55. The van der Waals surface area contributed by atoms with Gasteiger partial charge in [0.05, 0.1) is 5.56 Å². The van der Waals surface area contributed by atoms with Crippen LogP contribution >= 0.6 is 22.6 Å². The number of phenolic OH excluding ortho intramolecular Hbond substituents is 1. The molecule has 0 fully saturated rings. The quantitative estimate of drug-likeness (QED) is 0.441. The van der Waals surface area contributed by atoms with Crippen LogP contribution in [0.5, 0.6) is 5.75 Å². The molecule has 0 aliphatic heterocycles. The zero-order valence-corrected chi connectivity index (χ0v) is 15.9. The molecule has 0 atom stereocenters. The van der Waals surface area contributed by atoms with E-state index in [2.05, 4.69) is 15.6 Å². The summed E-state index contributed by atoms with van der Waals surface area (Å²) < 4.78 is 23.6. The van der Waals surface area contributed by atoms with Crippen molar-refractivity contribution in [1.29, 1.82) is 0 Å². The molecule has 0 spiro atoms. The number of nitrogens with one attached hydrogen (secondary N) is 2. The first-order chi connectivity index (χ1) is 12.2. The number of nitrogens with zero attached hydrogens (tertiary/aromatic N) is 1. The fraction of sp³-hybridized carbons (Fsp3) is 0.235. The van der Waals surface area contributed by atoms with E-state index in [0.717, 1.165) is 34.7 Å². The van der Waals surface area contributed by atoms with Crippen LogP contribution in [0.4, 0.5) is 14.6 Å². The van der Waals surface area contributed by atoms with Crippen LogP contribution in [-0.2, 0) is 15.3 Å². The Morgan fingerprint density at radius 3 is 2.65 bits per heavy atom. The van der Waals surface area contributed by atoms with Crippen LogP contribution in [0.25, 0.3) is 0 Å². The number of hydrogen-bond donors (Lipinski definition) is 3. The minimum absolute atomic E-state index is 0.00217. The Bertz CT molecular complexity index is 825. The van der Waals surface area contributed by atoms with Crippen molar-refractivity contribution in [2.45, 2.75) is 23.8 Å². The van der Waals surface area contributed by atoms with Crippen molar-refractivity contribution >= 4 is 40.2 Å². The van der Waals surface area contributed by atoms with Gasteiger partial charge >= 0.3 is 3.93 Å². The molecule has 1 aromatic carbocycles. The molecule has 0 saturated carbocycles. The van der Waals surface area contributed by atoms with Gasteiger partial charge < -0.3 is 15.7 Å². The topological polar surface area (TPSA) is 91.3 Å². The number of carbonyl (C=O) groups excluding carboxylic acids is 2. The first-order valence-electron chi connectivity index (χ1n) is 7.64. The first-order valence-corrected chi connectivity index (χ1v) is 8.71. The van der Waals surface area contributed by atoms with Crippen LogP contribution in [0.3, 0.4) is 0 Å². The Balaban J connectivity index is 2.07. The molecule has 0 unspecified atom stereocenters. The Morgan fingerprint density at radius 2 is 2.00 bits per heavy atom. The second kappa shape index (κ2) is 8.39. The number of aromatic nitrogens is 1. The molecule has 0 aliphatic rings. The molecule has 138 valence electrons. The number of benzene rings is 1. The third kappa shape index (κ3) is 5.35. The van der Waals surface area contributed by atoms with Gasteiger partial charge in [-0.2, -0.15) is 8.78 Å². The van der Waals surface area contributed by atoms with E-state index in [1.54, 1.807) is 6.92 Å². The maximum Gasteiger partial charge on any atom is 0.325 e. The molecular formula is C17H16F2IN3O3. The highest BCUT2D eigenvalue weighted by Gasteiger charge is 2.30. The highest BCUT2D eigenvalue weighted by molar-refractivity contribution is 14.1. The van der Waals surface area contributed by atoms with E-state index in [-0.39, 0.29) is 30.3 Å². The highest BCUT2D eigenvalue weighted by Crippen LogP contribution is 2.40. The van der Waals surface area contributed by atoms with Crippen molar-refractivity contribution in [2.75, 3.05) is 5.32 Å². The summed E-state index contributed by atoms with van der Waals surface area (Å²) in [6.45, 7) is 1.69. The van der Waals surface area contributed by atoms with Crippen LogP contribution < -0.4 is 10.6 Å². The number of anilines is 1. The molecule has 0 aliphatic carbocycles. The average molecular weight is 475 g/mol. The lowest BCUT2D eigenvalue weighted by Gasteiger charge is -2.13. The molecule has 9 heteroatoms. The van der Waals surface area contributed by atoms with Gasteiger partial charge in [-0.25, -0.2) is 4.98 Å². The summed E-state index contributed by atoms with van der Waals surface area (Å²) in [5.74, 6) is -0.937. The predicted molar refractivity (Wildman–Crippen MR) is 100 cm³/mol. The molecule has 2 aromatic rings. The van der Waals surface area contributed by atoms with Crippen molar-refractivity contribution in [2.24, 2.45) is 0 Å². The first kappa shape index (κ1) is 20.0. The van der Waals surface area contributed by atoms with Gasteiger partial charge in [0.25, 0.3) is 5.91 Å². The van der Waals surface area contributed by atoms with E-state index >= 15 is 0 Å². The number of amides is 2. The monoisotopic (exact) mass is 475 g/mol. The molecule has 0 radical (unpaired) electrons. The van der Waals surface area contributed by atoms with Gasteiger partial charge in [-0.15, -0.1) is 0 Å². The van der Waals surface area contributed by atoms with Gasteiger partial charge in [-0.3, -0.25) is 9.59 Å². The number of halogens is 3. The highest BCUT2D eigenvalue weighted by atomic mass is 127. The van der Waals surface area contributed by atoms with E-state index in [1.807, 2.05) is 0 Å². The third-order valence-corrected chi connectivity index (χ3v) is 4.01. The number of carbonyl (C=O) groups is 2. The smallest absolute Gasteiger partial charge is 0.325 e. The van der Waals surface area contributed by atoms with E-state index in [9.17, 15) is 23.5 Å². The van der Waals surface area contributed by atoms with Gasteiger partial charge in [-0.1, -0.05) is 13.0 Å². The Hall–Kier alpha value is -2.30. The largest absolute Gasteiger partial charge is 0.507 e. The van der Waals surface area contributed by atoms with Crippen LogP contribution in [0.2, 0.25) is 0 Å². The lowest BCUT2D eigenvalue weighted by atomic mass is 10.1. The Kier molecular flexibility index (Phi) is 6.46. The average Bonchev–Trinajstić information content (AvgIpc) is 2.59. The van der Waals surface area contributed by atoms with Gasteiger partial charge in [0.15, 0.2) is 0 Å². The normalized spacial score (nSPS) is 11.1. The minimum Gasteiger partial charge on any atom is -0.507 e. The molecular weight excluding hydrogens is 459 g/mol. The molecule has 0 saturated heterocycles. The van der Waals surface area contributed by atoms with Crippen molar-refractivity contribution in [1.82, 2.24) is 10.3 Å². The van der Waals surface area contributed by atoms with Gasteiger partial charge in [0, 0.05) is 47.3 Å². The van der Waals surface area contributed by atoms with E-state index in [0.29, 0.717) is 5.56 Å². The number of hydrogen-bond acceptors (Lipinski definition) is 4. The van der Waals surface area contributed by atoms with Crippen molar-refractivity contribution in [3.63, 3.8) is 0 Å². The number of phenols is 1. The number of aromatic hydroxyl groups is 1. The van der Waals surface area contributed by atoms with Crippen LogP contribution in [0.1, 0.15) is 34.8 Å². The van der Waals surface area contributed by atoms with Crippen LogP contribution in [-0.4, -0.2) is 21.9 Å². The standard InChI is InChI=1S/C17H16F2IN3O3/c1-2-15(25)23-14-8-11(5-6-21-14)16(26)22-9-10-3-4-13(24)12(7-10)17(18,19)20/h3-8,24H,2,9H2,1H3,(H,22,26)(H,21,23,25). The molecule has 1 heterocycles. The molecule has 2 rings (SSSR count). The van der Waals surface area contributed by atoms with Crippen LogP contribution in [0.15, 0.2) is 36.5 Å². The molecule has 6 nitrogen and oxygen atoms in total. The zero-order chi connectivity index (χ0) is 19.3. The molecule has 2 amide bonds. The summed E-state index contributed by atoms with van der Waals surface area (Å²) in [5.41, 5.74) is 0.166. The van der Waals surface area contributed by atoms with E-state index < -0.39 is 21.1 Å². The van der Waals surface area contributed by atoms with Crippen molar-refractivity contribution < 1.29 is 23.5 Å². The Morgan fingerprint density at radius 1 is 1.27 bits per heavy atom. The van der Waals surface area contributed by atoms with Crippen molar-refractivity contribution in [3.05, 3.63) is 53.2 Å². The molecule has 3 N–H and O–H groups in total. The van der Waals surface area contributed by atoms with Gasteiger partial charge in [-0.05, 0) is 29.8 Å². The molecule has 0 bridgehead atoms. The van der Waals surface area contributed by atoms with E-state index in [1.165, 1.54) is 24.4 Å². The number of rotatable bonds is 6. The molecule has 1 aromatic heterocycles. The summed E-state index contributed by atoms with van der Waals surface area (Å²) >= 11 is 0.930. The SMILES string of the molecule is CCC(=O)Nc1cc(C(=O)NCc2ccc(O)c(C(F)(F)I)c2)ccn1. The minimum atomic E-state index is -3.22. The van der Waals surface area contributed by atoms with E-state index in [4.69, 9.17) is 0 Å². The summed E-state index contributed by atoms with van der Waals surface area (Å²) in [7, 11) is 0. The summed E-state index contributed by atoms with van der Waals surface area (Å²) in [6.07, 6.45) is 1.66. The van der Waals surface area contributed by atoms with Crippen LogP contribution in [0, 0.1) is 0 Å². The maximum absolute atomic E-state index is 13.4. The lowest BCUT2D eigenvalue weighted by Crippen LogP contribution is -2.23. The van der Waals surface area contributed by atoms with Crippen molar-refractivity contribution in [3.8, 4) is 5.75 Å². The second-order valence-electron chi connectivity index (χ2n) is 5.36. The Labute approximate surface area is 162 Å². The second-order valence-corrected chi connectivity index (χ2v) is 6.72. The lowest BCUT2D eigenvalue weighted by molar-refractivity contribution is -0.115. The number of alkyl halides is 3. The van der Waals surface area contributed by atoms with Gasteiger partial charge in [0.1, 0.15) is 11.6 Å². The third-order valence-electron chi connectivity index (χ3n) is 3.43. The zero-order valence-electron chi connectivity index (χ0n) is 13.7. The summed E-state index contributed by atoms with van der Waals surface area (Å²) in [6, 6.07) is 6.64. The number of pyridine rings is 1. The fourth-order valence-electron chi connectivity index (χ4n) is 2.08. The van der Waals surface area contributed by atoms with Gasteiger partial charge in [0.2, 0.25) is 5.91 Å². The fourth-order valence-corrected chi connectivity index (χ4v) is 2.51. The summed E-state index contributed by atoms with van der Waals surface area (Å²) in [5, 5.41) is 14.7.